The quantitative estimate of drug-likeness (QED) is 0.365. The molecule has 0 spiro atoms. The summed E-state index contributed by atoms with van der Waals surface area (Å²) in [5.41, 5.74) is 2.42. The smallest absolute Gasteiger partial charge is 0.121 e. The molecular formula is C21H15BrOS. The number of ether oxygens (including phenoxy) is 1. The summed E-state index contributed by atoms with van der Waals surface area (Å²) in [4.78, 5) is 1.28. The van der Waals surface area contributed by atoms with Gasteiger partial charge in [0, 0.05) is 14.0 Å². The topological polar surface area (TPSA) is 9.23 Å². The Hall–Kier alpha value is -2.10. The van der Waals surface area contributed by atoms with Crippen LogP contribution in [0.3, 0.4) is 0 Å². The van der Waals surface area contributed by atoms with E-state index in [0.717, 1.165) is 10.2 Å². The van der Waals surface area contributed by atoms with Gasteiger partial charge in [0.1, 0.15) is 12.4 Å². The first-order valence-corrected chi connectivity index (χ1v) is 9.35. The van der Waals surface area contributed by atoms with E-state index in [1.807, 2.05) is 24.3 Å². The van der Waals surface area contributed by atoms with Crippen LogP contribution in [-0.2, 0) is 6.61 Å². The molecule has 0 saturated carbocycles. The van der Waals surface area contributed by atoms with Gasteiger partial charge in [-0.2, -0.15) is 0 Å². The monoisotopic (exact) mass is 394 g/mol. The van der Waals surface area contributed by atoms with Crippen molar-refractivity contribution in [3.8, 4) is 16.2 Å². The average Bonchev–Trinajstić information content (AvgIpc) is 3.05. The van der Waals surface area contributed by atoms with Gasteiger partial charge < -0.3 is 4.74 Å². The Labute approximate surface area is 153 Å². The Morgan fingerprint density at radius 3 is 2.42 bits per heavy atom. The van der Waals surface area contributed by atoms with Crippen LogP contribution in [0.4, 0.5) is 0 Å². The Bertz CT molecular complexity index is 958. The number of thiophene rings is 1. The van der Waals surface area contributed by atoms with Gasteiger partial charge in [-0.25, -0.2) is 0 Å². The van der Waals surface area contributed by atoms with Gasteiger partial charge in [0.15, 0.2) is 0 Å². The predicted octanol–water partition coefficient (Wildman–Crippen LogP) is 6.91. The minimum absolute atomic E-state index is 0.595. The molecule has 4 aromatic rings. The van der Waals surface area contributed by atoms with E-state index >= 15 is 0 Å². The molecule has 0 N–H and O–H groups in total. The second-order valence-electron chi connectivity index (χ2n) is 5.59. The standard InChI is InChI=1S/C21H15BrOS/c22-18-9-6-16(7-10-18)20-12-17-8-11-19(13-21(17)24-20)23-14-15-4-2-1-3-5-15/h1-13H,14H2. The van der Waals surface area contributed by atoms with Crippen molar-refractivity contribution in [1.82, 2.24) is 0 Å². The van der Waals surface area contributed by atoms with E-state index in [1.165, 1.54) is 26.1 Å². The fraction of sp³-hybridized carbons (Fsp3) is 0.0476. The highest BCUT2D eigenvalue weighted by molar-refractivity contribution is 9.10. The van der Waals surface area contributed by atoms with E-state index in [-0.39, 0.29) is 0 Å². The second-order valence-corrected chi connectivity index (χ2v) is 7.59. The van der Waals surface area contributed by atoms with Crippen molar-refractivity contribution >= 4 is 37.4 Å². The third-order valence-corrected chi connectivity index (χ3v) is 5.54. The lowest BCUT2D eigenvalue weighted by molar-refractivity contribution is 0.306. The summed E-state index contributed by atoms with van der Waals surface area (Å²) in [5, 5.41) is 1.25. The second kappa shape index (κ2) is 6.80. The summed E-state index contributed by atoms with van der Waals surface area (Å²) < 4.78 is 8.28. The van der Waals surface area contributed by atoms with Gasteiger partial charge in [0.25, 0.3) is 0 Å². The number of halogens is 1. The molecule has 4 rings (SSSR count). The van der Waals surface area contributed by atoms with Crippen LogP contribution in [0.25, 0.3) is 20.5 Å². The van der Waals surface area contributed by atoms with Gasteiger partial charge >= 0.3 is 0 Å². The molecule has 0 aliphatic rings. The van der Waals surface area contributed by atoms with Gasteiger partial charge in [-0.3, -0.25) is 0 Å². The third kappa shape index (κ3) is 3.37. The van der Waals surface area contributed by atoms with Crippen molar-refractivity contribution < 1.29 is 4.74 Å². The van der Waals surface area contributed by atoms with E-state index in [9.17, 15) is 0 Å². The maximum atomic E-state index is 5.93. The van der Waals surface area contributed by atoms with E-state index in [4.69, 9.17) is 4.74 Å². The molecule has 118 valence electrons. The van der Waals surface area contributed by atoms with E-state index < -0.39 is 0 Å². The lowest BCUT2D eigenvalue weighted by Crippen LogP contribution is -1.94. The van der Waals surface area contributed by atoms with Crippen LogP contribution >= 0.6 is 27.3 Å². The Kier molecular flexibility index (Phi) is 4.37. The fourth-order valence-corrected chi connectivity index (χ4v) is 3.96. The summed E-state index contributed by atoms with van der Waals surface area (Å²) in [6.07, 6.45) is 0. The number of hydrogen-bond acceptors (Lipinski definition) is 2. The Balaban J connectivity index is 1.58. The summed E-state index contributed by atoms with van der Waals surface area (Å²) in [5.74, 6) is 0.913. The first kappa shape index (κ1) is 15.4. The molecule has 0 radical (unpaired) electrons. The third-order valence-electron chi connectivity index (χ3n) is 3.87. The van der Waals surface area contributed by atoms with Crippen LogP contribution in [-0.4, -0.2) is 0 Å². The summed E-state index contributed by atoms with van der Waals surface area (Å²) in [6.45, 7) is 0.595. The molecule has 1 heterocycles. The zero-order chi connectivity index (χ0) is 16.4. The molecule has 0 atom stereocenters. The van der Waals surface area contributed by atoms with Crippen molar-refractivity contribution in [2.75, 3.05) is 0 Å². The van der Waals surface area contributed by atoms with Crippen molar-refractivity contribution in [3.05, 3.63) is 88.9 Å². The molecule has 0 saturated heterocycles. The molecule has 0 aliphatic heterocycles. The van der Waals surface area contributed by atoms with Crippen LogP contribution in [0.2, 0.25) is 0 Å². The molecule has 0 amide bonds. The van der Waals surface area contributed by atoms with E-state index in [0.29, 0.717) is 6.61 Å². The average molecular weight is 395 g/mol. The molecule has 3 heteroatoms. The number of benzene rings is 3. The first-order valence-electron chi connectivity index (χ1n) is 7.74. The molecule has 1 aromatic heterocycles. The highest BCUT2D eigenvalue weighted by atomic mass is 79.9. The lowest BCUT2D eigenvalue weighted by Gasteiger charge is -2.06. The van der Waals surface area contributed by atoms with Crippen molar-refractivity contribution in [3.63, 3.8) is 0 Å². The summed E-state index contributed by atoms with van der Waals surface area (Å²) in [6, 6.07) is 27.2. The Morgan fingerprint density at radius 1 is 0.833 bits per heavy atom. The van der Waals surface area contributed by atoms with Gasteiger partial charge in [-0.15, -0.1) is 11.3 Å². The zero-order valence-corrected chi connectivity index (χ0v) is 15.3. The SMILES string of the molecule is Brc1ccc(-c2cc3ccc(OCc4ccccc4)cc3s2)cc1. The molecule has 0 bridgehead atoms. The maximum Gasteiger partial charge on any atom is 0.121 e. The first-order chi connectivity index (χ1) is 11.8. The number of fused-ring (bicyclic) bond motifs is 1. The molecular weight excluding hydrogens is 380 g/mol. The molecule has 0 unspecified atom stereocenters. The van der Waals surface area contributed by atoms with Gasteiger partial charge in [0.2, 0.25) is 0 Å². The minimum atomic E-state index is 0.595. The predicted molar refractivity (Wildman–Crippen MR) is 106 cm³/mol. The van der Waals surface area contributed by atoms with Crippen molar-refractivity contribution in [1.29, 1.82) is 0 Å². The highest BCUT2D eigenvalue weighted by Gasteiger charge is 2.06. The van der Waals surface area contributed by atoms with E-state index in [1.54, 1.807) is 11.3 Å². The van der Waals surface area contributed by atoms with Gasteiger partial charge in [0.05, 0.1) is 0 Å². The molecule has 1 nitrogen and oxygen atoms in total. The van der Waals surface area contributed by atoms with Crippen molar-refractivity contribution in [2.45, 2.75) is 6.61 Å². The van der Waals surface area contributed by atoms with E-state index in [2.05, 4.69) is 70.5 Å². The van der Waals surface area contributed by atoms with Crippen LogP contribution in [0.15, 0.2) is 83.3 Å². The number of hydrogen-bond donors (Lipinski definition) is 0. The normalized spacial score (nSPS) is 10.9. The summed E-state index contributed by atoms with van der Waals surface area (Å²) >= 11 is 5.28. The van der Waals surface area contributed by atoms with Crippen LogP contribution in [0.5, 0.6) is 5.75 Å². The Morgan fingerprint density at radius 2 is 1.62 bits per heavy atom. The zero-order valence-electron chi connectivity index (χ0n) is 12.9. The fourth-order valence-electron chi connectivity index (χ4n) is 2.60. The lowest BCUT2D eigenvalue weighted by atomic mass is 10.1. The summed E-state index contributed by atoms with van der Waals surface area (Å²) in [7, 11) is 0. The minimum Gasteiger partial charge on any atom is -0.489 e. The number of rotatable bonds is 4. The molecule has 0 aliphatic carbocycles. The van der Waals surface area contributed by atoms with Crippen LogP contribution < -0.4 is 4.74 Å². The van der Waals surface area contributed by atoms with Crippen LogP contribution in [0.1, 0.15) is 5.56 Å². The largest absolute Gasteiger partial charge is 0.489 e. The maximum absolute atomic E-state index is 5.93. The van der Waals surface area contributed by atoms with Crippen LogP contribution in [0, 0.1) is 0 Å². The van der Waals surface area contributed by atoms with Crippen molar-refractivity contribution in [2.24, 2.45) is 0 Å². The molecule has 24 heavy (non-hydrogen) atoms. The molecule has 0 fully saturated rings. The van der Waals surface area contributed by atoms with Gasteiger partial charge in [-0.05, 0) is 52.9 Å². The highest BCUT2D eigenvalue weighted by Crippen LogP contribution is 2.35. The molecule has 3 aromatic carbocycles. The van der Waals surface area contributed by atoms with Gasteiger partial charge in [-0.1, -0.05) is 58.4 Å².